The van der Waals surface area contributed by atoms with Crippen molar-refractivity contribution in [3.05, 3.63) is 66.1 Å². The number of ether oxygens (including phenoxy) is 1. The second kappa shape index (κ2) is 7.24. The van der Waals surface area contributed by atoms with Crippen LogP contribution in [0.25, 0.3) is 11.3 Å². The maximum atomic E-state index is 13.5. The van der Waals surface area contributed by atoms with Crippen molar-refractivity contribution in [2.24, 2.45) is 0 Å². The Bertz CT molecular complexity index is 1060. The zero-order chi connectivity index (χ0) is 19.8. The van der Waals surface area contributed by atoms with Crippen LogP contribution < -0.4 is 9.64 Å². The molecule has 148 valence electrons. The third kappa shape index (κ3) is 3.33. The van der Waals surface area contributed by atoms with E-state index in [1.54, 1.807) is 16.9 Å². The molecule has 0 atom stereocenters. The molecule has 5 rings (SSSR count). The number of amides is 1. The van der Waals surface area contributed by atoms with E-state index in [0.717, 1.165) is 28.3 Å². The molecule has 0 saturated carbocycles. The van der Waals surface area contributed by atoms with Gasteiger partial charge in [0.2, 0.25) is 5.91 Å². The Morgan fingerprint density at radius 3 is 2.72 bits per heavy atom. The number of carbonyl (C=O) groups excluding carboxylic acids is 1. The fourth-order valence-corrected chi connectivity index (χ4v) is 4.02. The highest BCUT2D eigenvalue weighted by molar-refractivity contribution is 5.78. The van der Waals surface area contributed by atoms with Crippen LogP contribution in [0.1, 0.15) is 5.56 Å². The van der Waals surface area contributed by atoms with Gasteiger partial charge in [0.05, 0.1) is 11.9 Å². The van der Waals surface area contributed by atoms with Gasteiger partial charge in [-0.25, -0.2) is 4.39 Å². The highest BCUT2D eigenvalue weighted by Crippen LogP contribution is 2.37. The van der Waals surface area contributed by atoms with Crippen molar-refractivity contribution in [2.75, 3.05) is 31.1 Å². The van der Waals surface area contributed by atoms with Gasteiger partial charge in [0, 0.05) is 43.0 Å². The molecule has 2 aromatic carbocycles. The SMILES string of the molecule is O=C(Cn1ncc2c1-c1ccccc1OC2)N1CCN(c2cccc(F)c2)CC1. The first-order valence-electron chi connectivity index (χ1n) is 9.74. The van der Waals surface area contributed by atoms with E-state index in [-0.39, 0.29) is 18.3 Å². The number of rotatable bonds is 3. The van der Waals surface area contributed by atoms with Crippen LogP contribution in [0.3, 0.4) is 0 Å². The number of halogens is 1. The zero-order valence-electron chi connectivity index (χ0n) is 15.9. The molecule has 0 radical (unpaired) electrons. The molecule has 1 aromatic heterocycles. The summed E-state index contributed by atoms with van der Waals surface area (Å²) in [6.45, 7) is 3.25. The van der Waals surface area contributed by atoms with Gasteiger partial charge in [0.1, 0.15) is 24.7 Å². The van der Waals surface area contributed by atoms with Crippen molar-refractivity contribution in [2.45, 2.75) is 13.2 Å². The van der Waals surface area contributed by atoms with Gasteiger partial charge >= 0.3 is 0 Å². The van der Waals surface area contributed by atoms with Crippen LogP contribution in [0.2, 0.25) is 0 Å². The predicted octanol–water partition coefficient (Wildman–Crippen LogP) is 2.93. The lowest BCUT2D eigenvalue weighted by Gasteiger charge is -2.36. The molecule has 2 aliphatic rings. The minimum atomic E-state index is -0.242. The lowest BCUT2D eigenvalue weighted by atomic mass is 10.0. The van der Waals surface area contributed by atoms with Crippen LogP contribution >= 0.6 is 0 Å². The summed E-state index contributed by atoms with van der Waals surface area (Å²) < 4.78 is 21.0. The molecular formula is C22H21FN4O2. The highest BCUT2D eigenvalue weighted by atomic mass is 19.1. The molecule has 29 heavy (non-hydrogen) atoms. The van der Waals surface area contributed by atoms with Crippen molar-refractivity contribution >= 4 is 11.6 Å². The third-order valence-corrected chi connectivity index (χ3v) is 5.53. The summed E-state index contributed by atoms with van der Waals surface area (Å²) >= 11 is 0. The molecule has 0 bridgehead atoms. The molecule has 7 heteroatoms. The smallest absolute Gasteiger partial charge is 0.244 e. The maximum Gasteiger partial charge on any atom is 0.244 e. The number of fused-ring (bicyclic) bond motifs is 3. The Balaban J connectivity index is 1.28. The molecule has 1 fully saturated rings. The van der Waals surface area contributed by atoms with Crippen molar-refractivity contribution in [1.82, 2.24) is 14.7 Å². The van der Waals surface area contributed by atoms with Gasteiger partial charge < -0.3 is 14.5 Å². The molecule has 0 unspecified atom stereocenters. The standard InChI is InChI=1S/C22H21FN4O2/c23-17-4-3-5-18(12-17)25-8-10-26(11-9-25)21(28)14-27-22-16(13-24-27)15-29-20-7-2-1-6-19(20)22/h1-7,12-13H,8-11,14-15H2. The summed E-state index contributed by atoms with van der Waals surface area (Å²) in [6, 6.07) is 14.4. The fraction of sp³-hybridized carbons (Fsp3) is 0.273. The van der Waals surface area contributed by atoms with E-state index in [9.17, 15) is 9.18 Å². The summed E-state index contributed by atoms with van der Waals surface area (Å²) in [6.07, 6.45) is 1.78. The van der Waals surface area contributed by atoms with Gasteiger partial charge in [0.15, 0.2) is 0 Å². The second-order valence-corrected chi connectivity index (χ2v) is 7.31. The average Bonchev–Trinajstić information content (AvgIpc) is 3.17. The lowest BCUT2D eigenvalue weighted by molar-refractivity contribution is -0.132. The van der Waals surface area contributed by atoms with Gasteiger partial charge in [-0.2, -0.15) is 5.10 Å². The number of carbonyl (C=O) groups is 1. The van der Waals surface area contributed by atoms with E-state index in [2.05, 4.69) is 10.00 Å². The van der Waals surface area contributed by atoms with Crippen LogP contribution in [0.15, 0.2) is 54.7 Å². The number of hydrogen-bond donors (Lipinski definition) is 0. The van der Waals surface area contributed by atoms with Crippen LogP contribution in [-0.4, -0.2) is 46.8 Å². The zero-order valence-corrected chi connectivity index (χ0v) is 15.9. The van der Waals surface area contributed by atoms with E-state index < -0.39 is 0 Å². The summed E-state index contributed by atoms with van der Waals surface area (Å²) in [5.74, 6) is 0.616. The quantitative estimate of drug-likeness (QED) is 0.688. The molecule has 0 N–H and O–H groups in total. The van der Waals surface area contributed by atoms with Gasteiger partial charge in [-0.15, -0.1) is 0 Å². The Morgan fingerprint density at radius 1 is 1.07 bits per heavy atom. The van der Waals surface area contributed by atoms with Gasteiger partial charge in [0.25, 0.3) is 0 Å². The number of anilines is 1. The first kappa shape index (κ1) is 17.7. The van der Waals surface area contributed by atoms with Crippen LogP contribution in [0.5, 0.6) is 5.75 Å². The third-order valence-electron chi connectivity index (χ3n) is 5.53. The van der Waals surface area contributed by atoms with E-state index in [0.29, 0.717) is 32.8 Å². The lowest BCUT2D eigenvalue weighted by Crippen LogP contribution is -2.49. The molecule has 3 heterocycles. The number of hydrogen-bond acceptors (Lipinski definition) is 4. The second-order valence-electron chi connectivity index (χ2n) is 7.31. The number of benzene rings is 2. The Hall–Kier alpha value is -3.35. The predicted molar refractivity (Wildman–Crippen MR) is 107 cm³/mol. The minimum Gasteiger partial charge on any atom is -0.488 e. The topological polar surface area (TPSA) is 50.6 Å². The van der Waals surface area contributed by atoms with Crippen molar-refractivity contribution in [1.29, 1.82) is 0 Å². The molecule has 2 aliphatic heterocycles. The first-order valence-corrected chi connectivity index (χ1v) is 9.74. The summed E-state index contributed by atoms with van der Waals surface area (Å²) in [5.41, 5.74) is 3.77. The molecule has 0 aliphatic carbocycles. The van der Waals surface area contributed by atoms with Crippen molar-refractivity contribution in [3.63, 3.8) is 0 Å². The largest absolute Gasteiger partial charge is 0.488 e. The maximum absolute atomic E-state index is 13.5. The summed E-state index contributed by atoms with van der Waals surface area (Å²) in [4.78, 5) is 16.9. The number of piperazine rings is 1. The average molecular weight is 392 g/mol. The van der Waals surface area contributed by atoms with E-state index >= 15 is 0 Å². The fourth-order valence-electron chi connectivity index (χ4n) is 4.02. The highest BCUT2D eigenvalue weighted by Gasteiger charge is 2.26. The van der Waals surface area contributed by atoms with Crippen LogP contribution in [0.4, 0.5) is 10.1 Å². The first-order chi connectivity index (χ1) is 14.2. The monoisotopic (exact) mass is 392 g/mol. The summed E-state index contributed by atoms with van der Waals surface area (Å²) in [5, 5.41) is 4.44. The molecular weight excluding hydrogens is 371 g/mol. The van der Waals surface area contributed by atoms with E-state index in [4.69, 9.17) is 4.74 Å². The van der Waals surface area contributed by atoms with Gasteiger partial charge in [-0.1, -0.05) is 18.2 Å². The van der Waals surface area contributed by atoms with Crippen molar-refractivity contribution in [3.8, 4) is 17.0 Å². The molecule has 1 amide bonds. The number of aromatic nitrogens is 2. The molecule has 0 spiro atoms. The number of para-hydroxylation sites is 1. The van der Waals surface area contributed by atoms with Crippen LogP contribution in [-0.2, 0) is 17.9 Å². The Labute approximate surface area is 168 Å². The van der Waals surface area contributed by atoms with Gasteiger partial charge in [-0.3, -0.25) is 9.48 Å². The molecule has 6 nitrogen and oxygen atoms in total. The van der Waals surface area contributed by atoms with Crippen LogP contribution in [0, 0.1) is 5.82 Å². The Morgan fingerprint density at radius 2 is 1.90 bits per heavy atom. The summed E-state index contributed by atoms with van der Waals surface area (Å²) in [7, 11) is 0. The Kier molecular flexibility index (Phi) is 4.42. The van der Waals surface area contributed by atoms with E-state index in [1.807, 2.05) is 35.2 Å². The molecule has 3 aromatic rings. The molecule has 1 saturated heterocycles. The van der Waals surface area contributed by atoms with E-state index in [1.165, 1.54) is 12.1 Å². The van der Waals surface area contributed by atoms with Gasteiger partial charge in [-0.05, 0) is 30.3 Å². The number of nitrogens with zero attached hydrogens (tertiary/aromatic N) is 4. The normalized spacial score (nSPS) is 15.5. The minimum absolute atomic E-state index is 0.0405. The van der Waals surface area contributed by atoms with Crippen molar-refractivity contribution < 1.29 is 13.9 Å².